The Morgan fingerprint density at radius 3 is 2.50 bits per heavy atom. The SMILES string of the molecule is Cc1cc(C/C(=N\O)C(c2ccc(-c3csc(C(=O)O)c3)cc2)c2ccc(Cl)cc2F)ccn1. The molecule has 4 rings (SSSR count). The van der Waals surface area contributed by atoms with Gasteiger partial charge in [0.25, 0.3) is 0 Å². The molecule has 0 spiro atoms. The van der Waals surface area contributed by atoms with Crippen LogP contribution in [0.4, 0.5) is 4.39 Å². The van der Waals surface area contributed by atoms with E-state index < -0.39 is 17.7 Å². The Balaban J connectivity index is 1.75. The van der Waals surface area contributed by atoms with Crippen LogP contribution in [-0.2, 0) is 6.42 Å². The fraction of sp³-hybridized carbons (Fsp3) is 0.115. The summed E-state index contributed by atoms with van der Waals surface area (Å²) >= 11 is 7.13. The van der Waals surface area contributed by atoms with Crippen LogP contribution in [0.25, 0.3) is 11.1 Å². The Bertz CT molecular complexity index is 1370. The van der Waals surface area contributed by atoms with Gasteiger partial charge in [0.05, 0.1) is 11.6 Å². The number of carboxylic acid groups (broad SMARTS) is 1. The molecule has 2 aromatic heterocycles. The molecule has 2 aromatic carbocycles. The molecule has 5 nitrogen and oxygen atoms in total. The molecule has 172 valence electrons. The molecule has 0 saturated carbocycles. The van der Waals surface area contributed by atoms with Gasteiger partial charge < -0.3 is 10.3 Å². The van der Waals surface area contributed by atoms with E-state index in [1.807, 2.05) is 43.3 Å². The number of oxime groups is 1. The predicted molar refractivity (Wildman–Crippen MR) is 132 cm³/mol. The first-order valence-corrected chi connectivity index (χ1v) is 11.6. The van der Waals surface area contributed by atoms with Crippen molar-refractivity contribution in [2.75, 3.05) is 0 Å². The first kappa shape index (κ1) is 23.6. The maximum atomic E-state index is 15.0. The minimum Gasteiger partial charge on any atom is -0.477 e. The predicted octanol–water partition coefficient (Wildman–Crippen LogP) is 6.81. The lowest BCUT2D eigenvalue weighted by Crippen LogP contribution is -2.18. The average molecular weight is 495 g/mol. The molecule has 0 radical (unpaired) electrons. The number of hydrogen-bond donors (Lipinski definition) is 2. The van der Waals surface area contributed by atoms with Crippen LogP contribution in [0.1, 0.15) is 38.0 Å². The van der Waals surface area contributed by atoms with Crippen molar-refractivity contribution in [3.05, 3.63) is 110 Å². The summed E-state index contributed by atoms with van der Waals surface area (Å²) in [6.45, 7) is 1.87. The van der Waals surface area contributed by atoms with Gasteiger partial charge in [0.1, 0.15) is 10.7 Å². The van der Waals surface area contributed by atoms with Gasteiger partial charge in [-0.3, -0.25) is 4.98 Å². The van der Waals surface area contributed by atoms with Crippen LogP contribution in [-0.4, -0.2) is 27.0 Å². The van der Waals surface area contributed by atoms with Crippen LogP contribution < -0.4 is 0 Å². The Labute approximate surface area is 204 Å². The number of carboxylic acids is 1. The number of aryl methyl sites for hydroxylation is 1. The maximum absolute atomic E-state index is 15.0. The summed E-state index contributed by atoms with van der Waals surface area (Å²) in [7, 11) is 0. The van der Waals surface area contributed by atoms with Gasteiger partial charge in [-0.25, -0.2) is 9.18 Å². The monoisotopic (exact) mass is 494 g/mol. The molecular weight excluding hydrogens is 475 g/mol. The zero-order valence-electron chi connectivity index (χ0n) is 18.1. The molecule has 4 aromatic rings. The van der Waals surface area contributed by atoms with Crippen LogP contribution in [0.2, 0.25) is 5.02 Å². The van der Waals surface area contributed by atoms with E-state index in [0.717, 1.165) is 39.3 Å². The Kier molecular flexibility index (Phi) is 7.05. The number of aromatic carboxylic acids is 1. The number of aromatic nitrogens is 1. The summed E-state index contributed by atoms with van der Waals surface area (Å²) in [5, 5.41) is 24.8. The van der Waals surface area contributed by atoms with Crippen LogP contribution in [0, 0.1) is 12.7 Å². The molecule has 0 saturated heterocycles. The fourth-order valence-corrected chi connectivity index (χ4v) is 4.79. The average Bonchev–Trinajstić information content (AvgIpc) is 3.31. The Hall–Kier alpha value is -3.55. The van der Waals surface area contributed by atoms with Crippen LogP contribution in [0.5, 0.6) is 0 Å². The molecule has 0 amide bonds. The minimum absolute atomic E-state index is 0.252. The van der Waals surface area contributed by atoms with Crippen molar-refractivity contribution in [1.29, 1.82) is 0 Å². The summed E-state index contributed by atoms with van der Waals surface area (Å²) in [4.78, 5) is 15.7. The highest BCUT2D eigenvalue weighted by Gasteiger charge is 2.25. The van der Waals surface area contributed by atoms with Crippen molar-refractivity contribution in [2.24, 2.45) is 5.16 Å². The molecule has 0 aliphatic heterocycles. The standard InChI is InChI=1S/C26H20ClFN2O3S/c1-15-10-16(8-9-29-15)11-23(30-33)25(21-7-6-20(27)13-22(21)28)18-4-2-17(3-5-18)19-12-24(26(31)32)34-14-19/h2-10,12-14,25,33H,11H2,1H3,(H,31,32)/b30-23+. The van der Waals surface area contributed by atoms with Gasteiger partial charge >= 0.3 is 5.97 Å². The zero-order chi connectivity index (χ0) is 24.2. The van der Waals surface area contributed by atoms with Gasteiger partial charge in [-0.2, -0.15) is 0 Å². The molecule has 2 N–H and O–H groups in total. The van der Waals surface area contributed by atoms with E-state index in [9.17, 15) is 15.1 Å². The first-order chi connectivity index (χ1) is 16.4. The molecule has 0 fully saturated rings. The first-order valence-electron chi connectivity index (χ1n) is 10.3. The topological polar surface area (TPSA) is 82.8 Å². The van der Waals surface area contributed by atoms with Crippen LogP contribution in [0.3, 0.4) is 0 Å². The molecule has 1 atom stereocenters. The molecule has 34 heavy (non-hydrogen) atoms. The lowest BCUT2D eigenvalue weighted by atomic mass is 9.84. The van der Waals surface area contributed by atoms with E-state index >= 15 is 4.39 Å². The second-order valence-corrected chi connectivity index (χ2v) is 9.15. The normalized spacial score (nSPS) is 12.5. The number of rotatable bonds is 7. The number of nitrogens with zero attached hydrogens (tertiary/aromatic N) is 2. The van der Waals surface area contributed by atoms with Crippen molar-refractivity contribution in [3.63, 3.8) is 0 Å². The molecule has 8 heteroatoms. The number of benzene rings is 2. The summed E-state index contributed by atoms with van der Waals surface area (Å²) in [5.41, 5.74) is 4.74. The second kappa shape index (κ2) is 10.2. The van der Waals surface area contributed by atoms with E-state index in [-0.39, 0.29) is 9.90 Å². The third-order valence-electron chi connectivity index (χ3n) is 5.47. The summed E-state index contributed by atoms with van der Waals surface area (Å²) in [5.74, 6) is -2.14. The van der Waals surface area contributed by atoms with Crippen molar-refractivity contribution >= 4 is 34.6 Å². The van der Waals surface area contributed by atoms with Crippen molar-refractivity contribution in [1.82, 2.24) is 4.98 Å². The quantitative estimate of drug-likeness (QED) is 0.168. The van der Waals surface area contributed by atoms with E-state index in [1.54, 1.807) is 29.8 Å². The molecule has 0 aliphatic carbocycles. The number of halogens is 2. The summed E-state index contributed by atoms with van der Waals surface area (Å²) in [6, 6.07) is 17.1. The highest BCUT2D eigenvalue weighted by molar-refractivity contribution is 7.12. The van der Waals surface area contributed by atoms with Crippen LogP contribution >= 0.6 is 22.9 Å². The number of hydrogen-bond acceptors (Lipinski definition) is 5. The lowest BCUT2D eigenvalue weighted by molar-refractivity contribution is 0.0702. The Morgan fingerprint density at radius 2 is 1.88 bits per heavy atom. The molecule has 0 aliphatic rings. The molecular formula is C26H20ClFN2O3S. The van der Waals surface area contributed by atoms with Gasteiger partial charge in [0.15, 0.2) is 0 Å². The molecule has 0 bridgehead atoms. The van der Waals surface area contributed by atoms with E-state index in [4.69, 9.17) is 11.6 Å². The lowest BCUT2D eigenvalue weighted by Gasteiger charge is -2.21. The maximum Gasteiger partial charge on any atom is 0.345 e. The van der Waals surface area contributed by atoms with Gasteiger partial charge in [-0.1, -0.05) is 47.1 Å². The van der Waals surface area contributed by atoms with Gasteiger partial charge in [0, 0.05) is 28.9 Å². The van der Waals surface area contributed by atoms with Gasteiger partial charge in [-0.05, 0) is 64.9 Å². The number of carbonyl (C=O) groups is 1. The number of pyridine rings is 1. The third kappa shape index (κ3) is 5.16. The minimum atomic E-state index is -0.971. The molecule has 1 unspecified atom stereocenters. The van der Waals surface area contributed by atoms with Crippen molar-refractivity contribution in [3.8, 4) is 11.1 Å². The highest BCUT2D eigenvalue weighted by Crippen LogP contribution is 2.33. The van der Waals surface area contributed by atoms with E-state index in [2.05, 4.69) is 10.1 Å². The highest BCUT2D eigenvalue weighted by atomic mass is 35.5. The van der Waals surface area contributed by atoms with E-state index in [1.165, 1.54) is 6.07 Å². The fourth-order valence-electron chi connectivity index (χ4n) is 3.87. The summed E-state index contributed by atoms with van der Waals surface area (Å²) < 4.78 is 15.0. The van der Waals surface area contributed by atoms with E-state index in [0.29, 0.717) is 17.7 Å². The van der Waals surface area contributed by atoms with Crippen molar-refractivity contribution < 1.29 is 19.5 Å². The number of thiophene rings is 1. The Morgan fingerprint density at radius 1 is 1.12 bits per heavy atom. The smallest absolute Gasteiger partial charge is 0.345 e. The third-order valence-corrected chi connectivity index (χ3v) is 6.62. The zero-order valence-corrected chi connectivity index (χ0v) is 19.6. The summed E-state index contributed by atoms with van der Waals surface area (Å²) in [6.07, 6.45) is 1.97. The van der Waals surface area contributed by atoms with Gasteiger partial charge in [-0.15, -0.1) is 11.3 Å². The molecule has 2 heterocycles. The largest absolute Gasteiger partial charge is 0.477 e. The van der Waals surface area contributed by atoms with Crippen LogP contribution in [0.15, 0.2) is 77.4 Å². The van der Waals surface area contributed by atoms with Crippen molar-refractivity contribution in [2.45, 2.75) is 19.3 Å². The second-order valence-electron chi connectivity index (χ2n) is 7.80. The van der Waals surface area contributed by atoms with Gasteiger partial charge in [0.2, 0.25) is 0 Å².